The van der Waals surface area contributed by atoms with Crippen LogP contribution in [-0.4, -0.2) is 44.2 Å². The lowest BCUT2D eigenvalue weighted by Gasteiger charge is -2.23. The lowest BCUT2D eigenvalue weighted by molar-refractivity contribution is -0.0143. The summed E-state index contributed by atoms with van der Waals surface area (Å²) in [6.45, 7) is 7.27. The van der Waals surface area contributed by atoms with Crippen LogP contribution in [0.1, 0.15) is 37.7 Å². The lowest BCUT2D eigenvalue weighted by Crippen LogP contribution is -2.26. The maximum Gasteiger partial charge on any atom is 0.356 e. The molecule has 21 heavy (non-hydrogen) atoms. The fourth-order valence-corrected chi connectivity index (χ4v) is 1.75. The number of hydrogen-bond donors (Lipinski definition) is 2. The van der Waals surface area contributed by atoms with E-state index in [1.165, 1.54) is 6.20 Å². The molecule has 0 unspecified atom stereocenters. The summed E-state index contributed by atoms with van der Waals surface area (Å²) in [5.41, 5.74) is 0.337. The molecule has 7 heteroatoms. The summed E-state index contributed by atoms with van der Waals surface area (Å²) in [6, 6.07) is 0. The van der Waals surface area contributed by atoms with Crippen molar-refractivity contribution in [2.24, 2.45) is 0 Å². The van der Waals surface area contributed by atoms with Gasteiger partial charge < -0.3 is 19.6 Å². The van der Waals surface area contributed by atoms with E-state index < -0.39 is 5.97 Å². The highest BCUT2D eigenvalue weighted by Crippen LogP contribution is 2.15. The number of hydrogen-bond acceptors (Lipinski definition) is 5. The molecule has 0 amide bonds. The first kappa shape index (κ1) is 15.2. The van der Waals surface area contributed by atoms with Crippen molar-refractivity contribution < 1.29 is 14.6 Å². The summed E-state index contributed by atoms with van der Waals surface area (Å²) in [6.07, 6.45) is 5.65. The second-order valence-corrected chi connectivity index (χ2v) is 5.33. The van der Waals surface area contributed by atoms with Gasteiger partial charge in [-0.1, -0.05) is 6.92 Å². The Balaban J connectivity index is 2.03. The Morgan fingerprint density at radius 2 is 2.29 bits per heavy atom. The van der Waals surface area contributed by atoms with Gasteiger partial charge in [0, 0.05) is 25.1 Å². The van der Waals surface area contributed by atoms with Gasteiger partial charge in [0.2, 0.25) is 0 Å². The Hall–Kier alpha value is -2.15. The first-order valence-corrected chi connectivity index (χ1v) is 6.88. The number of ether oxygens (including phenoxy) is 1. The van der Waals surface area contributed by atoms with E-state index in [0.29, 0.717) is 24.6 Å². The van der Waals surface area contributed by atoms with Crippen molar-refractivity contribution in [3.63, 3.8) is 0 Å². The molecule has 0 atom stereocenters. The van der Waals surface area contributed by atoms with Crippen molar-refractivity contribution >= 4 is 17.4 Å². The summed E-state index contributed by atoms with van der Waals surface area (Å²) < 4.78 is 7.38. The molecular formula is C14H20N4O3. The number of aromatic nitrogens is 3. The normalized spacial score (nSPS) is 11.8. The minimum Gasteiger partial charge on any atom is -0.476 e. The van der Waals surface area contributed by atoms with Crippen LogP contribution in [0.25, 0.3) is 5.65 Å². The molecule has 0 aliphatic rings. The number of aromatic carboxylic acids is 1. The number of anilines is 1. The van der Waals surface area contributed by atoms with Crippen LogP contribution < -0.4 is 5.32 Å². The highest BCUT2D eigenvalue weighted by molar-refractivity contribution is 5.86. The smallest absolute Gasteiger partial charge is 0.356 e. The van der Waals surface area contributed by atoms with Crippen LogP contribution in [0.15, 0.2) is 18.6 Å². The minimum absolute atomic E-state index is 0.00517. The van der Waals surface area contributed by atoms with Gasteiger partial charge in [0.1, 0.15) is 0 Å². The van der Waals surface area contributed by atoms with E-state index in [-0.39, 0.29) is 11.3 Å². The standard InChI is InChI=1S/C14H20N4O3/c1-4-14(2,3)21-8-6-16-11-12-17-10(13(19)20)9-18(12)7-5-15-11/h5,7,9H,4,6,8H2,1-3H3,(H,15,16)(H,19,20). The zero-order valence-corrected chi connectivity index (χ0v) is 12.5. The van der Waals surface area contributed by atoms with Crippen molar-refractivity contribution in [2.75, 3.05) is 18.5 Å². The third-order valence-corrected chi connectivity index (χ3v) is 3.33. The third kappa shape index (κ3) is 3.69. The Bertz CT molecular complexity index is 636. The van der Waals surface area contributed by atoms with Crippen molar-refractivity contribution in [1.82, 2.24) is 14.4 Å². The first-order valence-electron chi connectivity index (χ1n) is 6.88. The highest BCUT2D eigenvalue weighted by Gasteiger charge is 2.15. The Morgan fingerprint density at radius 1 is 1.52 bits per heavy atom. The number of rotatable bonds is 7. The van der Waals surface area contributed by atoms with Crippen LogP contribution in [-0.2, 0) is 4.74 Å². The SMILES string of the molecule is CCC(C)(C)OCCNc1nccn2cc(C(=O)O)nc12. The van der Waals surface area contributed by atoms with Gasteiger partial charge in [-0.2, -0.15) is 0 Å². The van der Waals surface area contributed by atoms with E-state index in [1.54, 1.807) is 16.8 Å². The summed E-state index contributed by atoms with van der Waals surface area (Å²) in [5.74, 6) is -0.513. The van der Waals surface area contributed by atoms with E-state index in [1.807, 2.05) is 13.8 Å². The van der Waals surface area contributed by atoms with Crippen molar-refractivity contribution in [2.45, 2.75) is 32.8 Å². The number of carboxylic acid groups (broad SMARTS) is 1. The molecule has 0 saturated heterocycles. The molecule has 0 spiro atoms. The van der Waals surface area contributed by atoms with Crippen molar-refractivity contribution in [3.8, 4) is 0 Å². The largest absolute Gasteiger partial charge is 0.476 e. The van der Waals surface area contributed by atoms with E-state index in [0.717, 1.165) is 6.42 Å². The molecule has 114 valence electrons. The van der Waals surface area contributed by atoms with Gasteiger partial charge in [0.25, 0.3) is 0 Å². The molecule has 0 aliphatic carbocycles. The van der Waals surface area contributed by atoms with Crippen LogP contribution in [0.3, 0.4) is 0 Å². The van der Waals surface area contributed by atoms with Crippen LogP contribution in [0.2, 0.25) is 0 Å². The number of carboxylic acids is 1. The molecular weight excluding hydrogens is 272 g/mol. The molecule has 2 heterocycles. The molecule has 0 saturated carbocycles. The molecule has 7 nitrogen and oxygen atoms in total. The Labute approximate surface area is 123 Å². The van der Waals surface area contributed by atoms with E-state index in [4.69, 9.17) is 9.84 Å². The number of nitrogens with one attached hydrogen (secondary N) is 1. The fourth-order valence-electron chi connectivity index (χ4n) is 1.75. The van der Waals surface area contributed by atoms with Crippen molar-refractivity contribution in [1.29, 1.82) is 0 Å². The molecule has 0 radical (unpaired) electrons. The lowest BCUT2D eigenvalue weighted by atomic mass is 10.1. The average Bonchev–Trinajstić information content (AvgIpc) is 2.88. The van der Waals surface area contributed by atoms with Crippen LogP contribution in [0.5, 0.6) is 0 Å². The summed E-state index contributed by atoms with van der Waals surface area (Å²) in [5, 5.41) is 12.1. The molecule has 0 aromatic carbocycles. The zero-order valence-electron chi connectivity index (χ0n) is 12.5. The number of imidazole rings is 1. The van der Waals surface area contributed by atoms with E-state index in [2.05, 4.69) is 22.2 Å². The van der Waals surface area contributed by atoms with Crippen LogP contribution in [0, 0.1) is 0 Å². The highest BCUT2D eigenvalue weighted by atomic mass is 16.5. The van der Waals surface area contributed by atoms with Gasteiger partial charge in [-0.25, -0.2) is 14.8 Å². The predicted octanol–water partition coefficient (Wildman–Crippen LogP) is 2.04. The van der Waals surface area contributed by atoms with E-state index in [9.17, 15) is 4.79 Å². The Morgan fingerprint density at radius 3 is 2.95 bits per heavy atom. The van der Waals surface area contributed by atoms with Gasteiger partial charge in [0.15, 0.2) is 17.2 Å². The molecule has 2 rings (SSSR count). The summed E-state index contributed by atoms with van der Waals surface area (Å²) in [7, 11) is 0. The average molecular weight is 292 g/mol. The number of carbonyl (C=O) groups is 1. The second-order valence-electron chi connectivity index (χ2n) is 5.33. The first-order chi connectivity index (χ1) is 9.93. The van der Waals surface area contributed by atoms with E-state index >= 15 is 0 Å². The fraction of sp³-hybridized carbons (Fsp3) is 0.500. The molecule has 2 aromatic heterocycles. The van der Waals surface area contributed by atoms with Crippen LogP contribution in [0.4, 0.5) is 5.82 Å². The topological polar surface area (TPSA) is 88.8 Å². The van der Waals surface area contributed by atoms with Crippen LogP contribution >= 0.6 is 0 Å². The van der Waals surface area contributed by atoms with Gasteiger partial charge >= 0.3 is 5.97 Å². The third-order valence-electron chi connectivity index (χ3n) is 3.33. The maximum absolute atomic E-state index is 10.9. The maximum atomic E-state index is 10.9. The summed E-state index contributed by atoms with van der Waals surface area (Å²) in [4.78, 5) is 19.2. The minimum atomic E-state index is -1.06. The Kier molecular flexibility index (Phi) is 4.42. The zero-order chi connectivity index (χ0) is 15.5. The molecule has 0 bridgehead atoms. The van der Waals surface area contributed by atoms with Crippen molar-refractivity contribution in [3.05, 3.63) is 24.3 Å². The molecule has 2 N–H and O–H groups in total. The summed E-state index contributed by atoms with van der Waals surface area (Å²) >= 11 is 0. The van der Waals surface area contributed by atoms with Gasteiger partial charge in [0.05, 0.1) is 12.2 Å². The van der Waals surface area contributed by atoms with Gasteiger partial charge in [-0.15, -0.1) is 0 Å². The monoisotopic (exact) mass is 292 g/mol. The predicted molar refractivity (Wildman–Crippen MR) is 78.8 cm³/mol. The molecule has 2 aromatic rings. The second kappa shape index (κ2) is 6.09. The number of fused-ring (bicyclic) bond motifs is 1. The van der Waals surface area contributed by atoms with Gasteiger partial charge in [-0.05, 0) is 20.3 Å². The number of nitrogens with zero attached hydrogens (tertiary/aromatic N) is 3. The molecule has 0 aliphatic heterocycles. The van der Waals surface area contributed by atoms with Gasteiger partial charge in [-0.3, -0.25) is 0 Å². The molecule has 0 fully saturated rings. The quantitative estimate of drug-likeness (QED) is 0.759.